The molecule has 0 saturated carbocycles. The van der Waals surface area contributed by atoms with Crippen molar-refractivity contribution in [3.05, 3.63) is 89.3 Å². The monoisotopic (exact) mass is 470 g/mol. The van der Waals surface area contributed by atoms with Crippen LogP contribution >= 0.6 is 0 Å². The van der Waals surface area contributed by atoms with Crippen LogP contribution in [0, 0.1) is 5.82 Å². The molecule has 1 aromatic heterocycles. The molecule has 0 bridgehead atoms. The van der Waals surface area contributed by atoms with E-state index in [-0.39, 0.29) is 29.5 Å². The summed E-state index contributed by atoms with van der Waals surface area (Å²) in [4.78, 5) is 32.7. The number of halogens is 1. The Kier molecular flexibility index (Phi) is 7.65. The van der Waals surface area contributed by atoms with Gasteiger partial charge in [-0.1, -0.05) is 24.3 Å². The van der Waals surface area contributed by atoms with E-state index in [1.807, 2.05) is 0 Å². The van der Waals surface area contributed by atoms with Crippen molar-refractivity contribution in [2.24, 2.45) is 0 Å². The van der Waals surface area contributed by atoms with E-state index in [2.05, 4.69) is 9.97 Å². The summed E-state index contributed by atoms with van der Waals surface area (Å²) in [6.07, 6.45) is 4.34. The smallest absolute Gasteiger partial charge is 0.303 e. The third-order valence-corrected chi connectivity index (χ3v) is 6.12. The Labute approximate surface area is 191 Å². The van der Waals surface area contributed by atoms with E-state index in [4.69, 9.17) is 4.74 Å². The van der Waals surface area contributed by atoms with Crippen molar-refractivity contribution >= 4 is 21.6 Å². The zero-order chi connectivity index (χ0) is 24.0. The Balaban J connectivity index is 1.82. The molecule has 3 rings (SSSR count). The standard InChI is InChI=1S/C24H23FN2O5S/c1-16(28)32-15-21-14-26-20(13-27-21)12-24(29)23(11-17-3-7-19(25)8-4-17)18-5-9-22(10-6-18)33(2,30)31/h3-10,13-14,23H,11-12,15H2,1-2H3. The molecule has 0 fully saturated rings. The first-order valence-electron chi connectivity index (χ1n) is 10.1. The number of ketones is 1. The van der Waals surface area contributed by atoms with Crippen LogP contribution in [0.25, 0.3) is 0 Å². The van der Waals surface area contributed by atoms with Gasteiger partial charge in [0.05, 0.1) is 28.9 Å². The number of Topliss-reactive ketones (excluding diaryl/α,β-unsaturated/α-hetero) is 1. The molecule has 7 nitrogen and oxygen atoms in total. The minimum Gasteiger partial charge on any atom is -0.459 e. The van der Waals surface area contributed by atoms with Gasteiger partial charge in [0.25, 0.3) is 0 Å². The molecule has 0 N–H and O–H groups in total. The average Bonchev–Trinajstić information content (AvgIpc) is 2.77. The molecule has 0 saturated heterocycles. The van der Waals surface area contributed by atoms with Crippen LogP contribution < -0.4 is 0 Å². The van der Waals surface area contributed by atoms with Crippen LogP contribution in [0.2, 0.25) is 0 Å². The third kappa shape index (κ3) is 7.01. The molecule has 1 heterocycles. The summed E-state index contributed by atoms with van der Waals surface area (Å²) in [5, 5.41) is 0. The second-order valence-electron chi connectivity index (χ2n) is 7.65. The Morgan fingerprint density at radius 2 is 1.58 bits per heavy atom. The maximum absolute atomic E-state index is 13.3. The van der Waals surface area contributed by atoms with Crippen molar-refractivity contribution in [2.45, 2.75) is 37.2 Å². The number of aromatic nitrogens is 2. The number of carbonyl (C=O) groups excluding carboxylic acids is 2. The highest BCUT2D eigenvalue weighted by atomic mass is 32.2. The number of benzene rings is 2. The molecule has 9 heteroatoms. The molecule has 0 spiro atoms. The average molecular weight is 471 g/mol. The summed E-state index contributed by atoms with van der Waals surface area (Å²) in [6, 6.07) is 12.1. The summed E-state index contributed by atoms with van der Waals surface area (Å²) in [5.41, 5.74) is 2.32. The fourth-order valence-electron chi connectivity index (χ4n) is 3.25. The number of sulfone groups is 1. The molecule has 0 aliphatic heterocycles. The van der Waals surface area contributed by atoms with Gasteiger partial charge in [0, 0.05) is 25.3 Å². The minimum atomic E-state index is -3.37. The van der Waals surface area contributed by atoms with Crippen LogP contribution in [0.5, 0.6) is 0 Å². The number of hydrogen-bond donors (Lipinski definition) is 0. The summed E-state index contributed by atoms with van der Waals surface area (Å²) in [5.74, 6) is -1.54. The predicted molar refractivity (Wildman–Crippen MR) is 119 cm³/mol. The topological polar surface area (TPSA) is 103 Å². The Morgan fingerprint density at radius 3 is 2.12 bits per heavy atom. The molecule has 1 unspecified atom stereocenters. The van der Waals surface area contributed by atoms with E-state index in [1.165, 1.54) is 43.6 Å². The van der Waals surface area contributed by atoms with Gasteiger partial charge in [0.15, 0.2) is 9.84 Å². The van der Waals surface area contributed by atoms with Crippen LogP contribution in [-0.2, 0) is 43.6 Å². The fraction of sp³-hybridized carbons (Fsp3) is 0.250. The summed E-state index contributed by atoms with van der Waals surface area (Å²) < 4.78 is 41.7. The predicted octanol–water partition coefficient (Wildman–Crippen LogP) is 3.22. The van der Waals surface area contributed by atoms with Gasteiger partial charge in [-0.15, -0.1) is 0 Å². The normalized spacial score (nSPS) is 12.2. The van der Waals surface area contributed by atoms with Crippen LogP contribution in [-0.4, -0.2) is 36.4 Å². The van der Waals surface area contributed by atoms with Crippen molar-refractivity contribution in [2.75, 3.05) is 6.26 Å². The third-order valence-electron chi connectivity index (χ3n) is 4.99. The maximum atomic E-state index is 13.3. The van der Waals surface area contributed by atoms with Crippen molar-refractivity contribution in [1.29, 1.82) is 0 Å². The lowest BCUT2D eigenvalue weighted by atomic mass is 9.86. The first kappa shape index (κ1) is 24.2. The number of esters is 1. The SMILES string of the molecule is CC(=O)OCc1cnc(CC(=O)C(Cc2ccc(F)cc2)c2ccc(S(C)(=O)=O)cc2)cn1. The summed E-state index contributed by atoms with van der Waals surface area (Å²) in [6.45, 7) is 1.29. The molecule has 33 heavy (non-hydrogen) atoms. The lowest BCUT2D eigenvalue weighted by Crippen LogP contribution is -2.18. The highest BCUT2D eigenvalue weighted by Crippen LogP contribution is 2.25. The van der Waals surface area contributed by atoms with Crippen molar-refractivity contribution in [3.8, 4) is 0 Å². The Morgan fingerprint density at radius 1 is 0.970 bits per heavy atom. The van der Waals surface area contributed by atoms with Gasteiger partial charge >= 0.3 is 5.97 Å². The summed E-state index contributed by atoms with van der Waals surface area (Å²) in [7, 11) is -3.37. The van der Waals surface area contributed by atoms with Crippen molar-refractivity contribution < 1.29 is 27.1 Å². The minimum absolute atomic E-state index is 0.000530. The lowest BCUT2D eigenvalue weighted by Gasteiger charge is -2.17. The second-order valence-corrected chi connectivity index (χ2v) is 9.66. The molecular formula is C24H23FN2O5S. The number of nitrogens with zero attached hydrogens (tertiary/aromatic N) is 2. The van der Waals surface area contributed by atoms with Crippen LogP contribution in [0.3, 0.4) is 0 Å². The van der Waals surface area contributed by atoms with Gasteiger partial charge in [-0.05, 0) is 41.8 Å². The lowest BCUT2D eigenvalue weighted by molar-refractivity contribution is -0.142. The maximum Gasteiger partial charge on any atom is 0.303 e. The summed E-state index contributed by atoms with van der Waals surface area (Å²) >= 11 is 0. The zero-order valence-electron chi connectivity index (χ0n) is 18.2. The molecule has 0 radical (unpaired) electrons. The number of hydrogen-bond acceptors (Lipinski definition) is 7. The van der Waals surface area contributed by atoms with Crippen LogP contribution in [0.1, 0.15) is 35.4 Å². The molecule has 3 aromatic rings. The molecular weight excluding hydrogens is 447 g/mol. The highest BCUT2D eigenvalue weighted by Gasteiger charge is 2.23. The van der Waals surface area contributed by atoms with E-state index >= 15 is 0 Å². The molecule has 172 valence electrons. The van der Waals surface area contributed by atoms with Crippen LogP contribution in [0.4, 0.5) is 4.39 Å². The van der Waals surface area contributed by atoms with Crippen molar-refractivity contribution in [3.63, 3.8) is 0 Å². The highest BCUT2D eigenvalue weighted by molar-refractivity contribution is 7.90. The molecule has 0 aliphatic rings. The zero-order valence-corrected chi connectivity index (χ0v) is 19.0. The van der Waals surface area contributed by atoms with E-state index in [1.54, 1.807) is 24.3 Å². The first-order valence-corrected chi connectivity index (χ1v) is 12.0. The van der Waals surface area contributed by atoms with Gasteiger partial charge in [-0.25, -0.2) is 12.8 Å². The van der Waals surface area contributed by atoms with Gasteiger partial charge < -0.3 is 4.74 Å². The van der Waals surface area contributed by atoms with Gasteiger partial charge in [0.1, 0.15) is 18.2 Å². The number of ether oxygens (including phenoxy) is 1. The van der Waals surface area contributed by atoms with E-state index in [0.717, 1.165) is 11.8 Å². The largest absolute Gasteiger partial charge is 0.459 e. The number of rotatable bonds is 9. The van der Waals surface area contributed by atoms with E-state index in [0.29, 0.717) is 23.4 Å². The molecule has 2 aromatic carbocycles. The van der Waals surface area contributed by atoms with E-state index < -0.39 is 21.7 Å². The Hall–Kier alpha value is -3.46. The fourth-order valence-corrected chi connectivity index (χ4v) is 3.88. The second kappa shape index (κ2) is 10.4. The Bertz CT molecular complexity index is 1230. The number of carbonyl (C=O) groups is 2. The van der Waals surface area contributed by atoms with Gasteiger partial charge in [-0.2, -0.15) is 0 Å². The molecule has 0 aliphatic carbocycles. The first-order chi connectivity index (χ1) is 15.6. The van der Waals surface area contributed by atoms with E-state index in [9.17, 15) is 22.4 Å². The van der Waals surface area contributed by atoms with Crippen molar-refractivity contribution in [1.82, 2.24) is 9.97 Å². The van der Waals surface area contributed by atoms with Crippen LogP contribution in [0.15, 0.2) is 65.8 Å². The quantitative estimate of drug-likeness (QED) is 0.442. The van der Waals surface area contributed by atoms with Gasteiger partial charge in [0.2, 0.25) is 0 Å². The van der Waals surface area contributed by atoms with Gasteiger partial charge in [-0.3, -0.25) is 19.6 Å². The molecule has 1 atom stereocenters. The molecule has 0 amide bonds.